The van der Waals surface area contributed by atoms with Crippen LogP contribution in [-0.2, 0) is 4.79 Å². The van der Waals surface area contributed by atoms with Crippen LogP contribution in [-0.4, -0.2) is 56.3 Å². The van der Waals surface area contributed by atoms with Crippen LogP contribution < -0.4 is 10.1 Å². The normalized spacial score (nSPS) is 16.5. The molecule has 12 heteroatoms. The van der Waals surface area contributed by atoms with E-state index in [0.717, 1.165) is 9.13 Å². The smallest absolute Gasteiger partial charge is 0.325 e. The van der Waals surface area contributed by atoms with Crippen LogP contribution in [0.5, 0.6) is 5.75 Å². The van der Waals surface area contributed by atoms with E-state index < -0.39 is 30.1 Å². The molecule has 0 bridgehead atoms. The SMILES string of the molecule is C[C@@H](c1ccccc1)[C@@H](c1nc(Cl)c(-c2ccc(I)cc2Cl)[nH]1)N1C(=O)NC(c2ccc(OC(CO)CO)cc2)C1=O. The first-order valence-electron chi connectivity index (χ1n) is 13.1. The van der Waals surface area contributed by atoms with Crippen LogP contribution in [0.3, 0.4) is 0 Å². The van der Waals surface area contributed by atoms with E-state index in [-0.39, 0.29) is 24.3 Å². The number of H-pyrrole nitrogens is 1. The second kappa shape index (κ2) is 13.0. The van der Waals surface area contributed by atoms with Crippen molar-refractivity contribution in [2.24, 2.45) is 0 Å². The van der Waals surface area contributed by atoms with Gasteiger partial charge in [0.05, 0.1) is 23.9 Å². The predicted octanol–water partition coefficient (Wildman–Crippen LogP) is 5.86. The van der Waals surface area contributed by atoms with Crippen molar-refractivity contribution in [3.8, 4) is 17.0 Å². The van der Waals surface area contributed by atoms with Gasteiger partial charge in [0.15, 0.2) is 5.15 Å². The van der Waals surface area contributed by atoms with Gasteiger partial charge in [-0.25, -0.2) is 9.78 Å². The van der Waals surface area contributed by atoms with Crippen LogP contribution in [0.15, 0.2) is 72.8 Å². The fourth-order valence-corrected chi connectivity index (χ4v) is 6.14. The summed E-state index contributed by atoms with van der Waals surface area (Å²) in [6.45, 7) is 1.23. The van der Waals surface area contributed by atoms with Crippen molar-refractivity contribution in [1.82, 2.24) is 20.2 Å². The number of carbonyl (C=O) groups is 2. The van der Waals surface area contributed by atoms with E-state index in [0.29, 0.717) is 33.4 Å². The number of hydrogen-bond acceptors (Lipinski definition) is 6. The Morgan fingerprint density at radius 3 is 2.36 bits per heavy atom. The zero-order valence-corrected chi connectivity index (χ0v) is 26.0. The summed E-state index contributed by atoms with van der Waals surface area (Å²) in [6.07, 6.45) is -0.765. The van der Waals surface area contributed by atoms with Gasteiger partial charge in [0.25, 0.3) is 5.91 Å². The molecule has 0 radical (unpaired) electrons. The number of benzene rings is 3. The quantitative estimate of drug-likeness (QED) is 0.120. The van der Waals surface area contributed by atoms with Gasteiger partial charge in [-0.3, -0.25) is 9.69 Å². The Labute approximate surface area is 266 Å². The summed E-state index contributed by atoms with van der Waals surface area (Å²) in [5.41, 5.74) is 2.58. The number of carbonyl (C=O) groups excluding carboxylic acids is 2. The molecule has 2 heterocycles. The summed E-state index contributed by atoms with van der Waals surface area (Å²) in [5.74, 6) is -0.0611. The van der Waals surface area contributed by atoms with E-state index in [1.807, 2.05) is 55.5 Å². The number of rotatable bonds is 10. The van der Waals surface area contributed by atoms with Gasteiger partial charge in [-0.15, -0.1) is 0 Å². The number of halogens is 3. The standard InChI is InChI=1S/C30H27Cl2IN4O5/c1-16(17-5-3-2-4-6-17)26(28-34-25(27(32)36-28)22-12-9-19(33)13-23(22)31)37-29(40)24(35-30(37)41)18-7-10-20(11-8-18)42-21(14-38)15-39/h2-13,16,21,24,26,38-39H,14-15H2,1H3,(H,34,36)(H,35,41)/t16-,24?,26-/m0/s1. The Morgan fingerprint density at radius 1 is 1.02 bits per heavy atom. The Kier molecular flexibility index (Phi) is 9.38. The summed E-state index contributed by atoms with van der Waals surface area (Å²) in [4.78, 5) is 36.4. The molecule has 1 aromatic heterocycles. The van der Waals surface area contributed by atoms with Crippen LogP contribution in [0.1, 0.15) is 41.9 Å². The average molecular weight is 721 g/mol. The molecular weight excluding hydrogens is 694 g/mol. The number of aromatic nitrogens is 2. The molecule has 4 N–H and O–H groups in total. The molecule has 1 saturated heterocycles. The van der Waals surface area contributed by atoms with Gasteiger partial charge >= 0.3 is 6.03 Å². The van der Waals surface area contributed by atoms with Crippen molar-refractivity contribution >= 4 is 57.7 Å². The number of ether oxygens (including phenoxy) is 1. The first-order chi connectivity index (χ1) is 20.2. The summed E-state index contributed by atoms with van der Waals surface area (Å²) >= 11 is 15.3. The van der Waals surface area contributed by atoms with Gasteiger partial charge in [-0.05, 0) is 58.0 Å². The topological polar surface area (TPSA) is 128 Å². The third-order valence-corrected chi connectivity index (χ3v) is 8.39. The fraction of sp³-hybridized carbons (Fsp3) is 0.233. The molecule has 5 rings (SSSR count). The van der Waals surface area contributed by atoms with Crippen LogP contribution in [0.4, 0.5) is 4.79 Å². The zero-order chi connectivity index (χ0) is 30.0. The highest BCUT2D eigenvalue weighted by Gasteiger charge is 2.46. The zero-order valence-electron chi connectivity index (χ0n) is 22.3. The molecule has 42 heavy (non-hydrogen) atoms. The minimum absolute atomic E-state index is 0.168. The van der Waals surface area contributed by atoms with Crippen molar-refractivity contribution in [1.29, 1.82) is 0 Å². The van der Waals surface area contributed by atoms with Gasteiger partial charge in [-0.1, -0.05) is 78.7 Å². The number of aliphatic hydroxyl groups is 2. The average Bonchev–Trinajstić information content (AvgIpc) is 3.51. The van der Waals surface area contributed by atoms with E-state index in [4.69, 9.17) is 27.9 Å². The van der Waals surface area contributed by atoms with Crippen molar-refractivity contribution < 1.29 is 24.5 Å². The lowest BCUT2D eigenvalue weighted by molar-refractivity contribution is -0.129. The van der Waals surface area contributed by atoms with Gasteiger partial charge in [0, 0.05) is 15.1 Å². The largest absolute Gasteiger partial charge is 0.486 e. The lowest BCUT2D eigenvalue weighted by Gasteiger charge is -2.29. The lowest BCUT2D eigenvalue weighted by atomic mass is 9.91. The molecule has 1 unspecified atom stereocenters. The number of aromatic amines is 1. The van der Waals surface area contributed by atoms with E-state index in [9.17, 15) is 19.8 Å². The number of hydrogen-bond donors (Lipinski definition) is 4. The van der Waals surface area contributed by atoms with Crippen molar-refractivity contribution in [3.05, 3.63) is 103 Å². The molecule has 3 aromatic carbocycles. The van der Waals surface area contributed by atoms with Gasteiger partial charge in [-0.2, -0.15) is 0 Å². The highest BCUT2D eigenvalue weighted by Crippen LogP contribution is 2.41. The fourth-order valence-electron chi connectivity index (χ4n) is 4.95. The molecule has 1 aliphatic heterocycles. The molecule has 0 aliphatic carbocycles. The second-order valence-electron chi connectivity index (χ2n) is 9.82. The Balaban J connectivity index is 1.51. The minimum atomic E-state index is -0.945. The van der Waals surface area contributed by atoms with Crippen molar-refractivity contribution in [2.75, 3.05) is 13.2 Å². The molecule has 3 atom stereocenters. The van der Waals surface area contributed by atoms with Gasteiger partial charge in [0.1, 0.15) is 29.8 Å². The van der Waals surface area contributed by atoms with Gasteiger partial charge < -0.3 is 25.3 Å². The number of imide groups is 1. The molecule has 0 saturated carbocycles. The highest BCUT2D eigenvalue weighted by molar-refractivity contribution is 14.1. The lowest BCUT2D eigenvalue weighted by Crippen LogP contribution is -2.38. The number of nitrogens with one attached hydrogen (secondary N) is 2. The Hall–Kier alpha value is -3.16. The second-order valence-corrected chi connectivity index (χ2v) is 11.8. The number of aliphatic hydroxyl groups excluding tert-OH is 2. The third kappa shape index (κ3) is 6.13. The monoisotopic (exact) mass is 720 g/mol. The van der Waals surface area contributed by atoms with Crippen LogP contribution >= 0.6 is 45.8 Å². The van der Waals surface area contributed by atoms with E-state index >= 15 is 0 Å². The third-order valence-electron chi connectivity index (χ3n) is 7.13. The van der Waals surface area contributed by atoms with Gasteiger partial charge in [0.2, 0.25) is 0 Å². The maximum atomic E-state index is 13.9. The minimum Gasteiger partial charge on any atom is -0.486 e. The molecule has 1 fully saturated rings. The highest BCUT2D eigenvalue weighted by atomic mass is 127. The first-order valence-corrected chi connectivity index (χ1v) is 14.9. The maximum absolute atomic E-state index is 13.9. The molecule has 3 amide bonds. The van der Waals surface area contributed by atoms with E-state index in [1.165, 1.54) is 4.90 Å². The Bertz CT molecular complexity index is 1580. The molecule has 4 aromatic rings. The predicted molar refractivity (Wildman–Crippen MR) is 168 cm³/mol. The number of amides is 3. The first kappa shape index (κ1) is 30.3. The van der Waals surface area contributed by atoms with Crippen molar-refractivity contribution in [2.45, 2.75) is 31.0 Å². The van der Waals surface area contributed by atoms with E-state index in [1.54, 1.807) is 24.3 Å². The number of urea groups is 1. The number of nitrogens with zero attached hydrogens (tertiary/aromatic N) is 2. The summed E-state index contributed by atoms with van der Waals surface area (Å²) < 4.78 is 6.48. The summed E-state index contributed by atoms with van der Waals surface area (Å²) in [5, 5.41) is 22.0. The number of imidazole rings is 1. The molecular formula is C30H27Cl2IN4O5. The Morgan fingerprint density at radius 2 is 1.71 bits per heavy atom. The van der Waals surface area contributed by atoms with E-state index in [2.05, 4.69) is 37.9 Å². The van der Waals surface area contributed by atoms with Crippen LogP contribution in [0, 0.1) is 3.57 Å². The summed E-state index contributed by atoms with van der Waals surface area (Å²) in [7, 11) is 0. The van der Waals surface area contributed by atoms with Crippen molar-refractivity contribution in [3.63, 3.8) is 0 Å². The molecule has 1 aliphatic rings. The summed E-state index contributed by atoms with van der Waals surface area (Å²) in [6, 6.07) is 19.3. The maximum Gasteiger partial charge on any atom is 0.325 e. The van der Waals surface area contributed by atoms with Crippen LogP contribution in [0.2, 0.25) is 10.2 Å². The molecule has 9 nitrogen and oxygen atoms in total. The molecule has 0 spiro atoms. The van der Waals surface area contributed by atoms with Crippen LogP contribution in [0.25, 0.3) is 11.3 Å². The molecule has 218 valence electrons.